The minimum absolute atomic E-state index is 0.0902. The Morgan fingerprint density at radius 1 is 1.03 bits per heavy atom. The Balaban J connectivity index is 1.76. The first-order chi connectivity index (χ1) is 13.8. The summed E-state index contributed by atoms with van der Waals surface area (Å²) in [5.41, 5.74) is 2.85. The van der Waals surface area contributed by atoms with Crippen molar-refractivity contribution in [2.24, 2.45) is 0 Å². The van der Waals surface area contributed by atoms with Gasteiger partial charge in [0, 0.05) is 32.7 Å². The highest BCUT2D eigenvalue weighted by Gasteiger charge is 2.06. The number of hydrogen-bond acceptors (Lipinski definition) is 4. The van der Waals surface area contributed by atoms with Gasteiger partial charge in [-0.1, -0.05) is 24.3 Å². The predicted molar refractivity (Wildman–Crippen MR) is 116 cm³/mol. The van der Waals surface area contributed by atoms with Crippen molar-refractivity contribution in [3.8, 4) is 5.75 Å². The van der Waals surface area contributed by atoms with E-state index < -0.39 is 0 Å². The number of nitrogens with zero attached hydrogens (tertiary/aromatic N) is 1. The standard InChI is InChI=1S/C23H31N3O3/c1-17(2)29-21-11-8-19(9-12-21)15-24-16-22(27)25-20-7-5-6-18(14-20)10-13-23(28)26(3)4/h5-9,11-12,14,17,24H,10,13,15-16H2,1-4H3,(H,25,27). The second-order valence-corrected chi connectivity index (χ2v) is 7.45. The van der Waals surface area contributed by atoms with Gasteiger partial charge in [-0.25, -0.2) is 0 Å². The van der Waals surface area contributed by atoms with E-state index in [9.17, 15) is 9.59 Å². The maximum absolute atomic E-state index is 12.2. The zero-order valence-corrected chi connectivity index (χ0v) is 17.7. The molecule has 0 saturated heterocycles. The zero-order chi connectivity index (χ0) is 21.2. The van der Waals surface area contributed by atoms with E-state index in [2.05, 4.69) is 10.6 Å². The highest BCUT2D eigenvalue weighted by molar-refractivity contribution is 5.92. The summed E-state index contributed by atoms with van der Waals surface area (Å²) in [5, 5.41) is 6.04. The molecule has 2 aromatic rings. The summed E-state index contributed by atoms with van der Waals surface area (Å²) in [6, 6.07) is 15.5. The molecule has 0 atom stereocenters. The van der Waals surface area contributed by atoms with Gasteiger partial charge < -0.3 is 20.3 Å². The number of benzene rings is 2. The summed E-state index contributed by atoms with van der Waals surface area (Å²) < 4.78 is 5.62. The van der Waals surface area contributed by atoms with Crippen LogP contribution in [0.15, 0.2) is 48.5 Å². The van der Waals surface area contributed by atoms with E-state index in [1.807, 2.05) is 62.4 Å². The van der Waals surface area contributed by atoms with Crippen LogP contribution in [-0.2, 0) is 22.6 Å². The molecular formula is C23H31N3O3. The summed E-state index contributed by atoms with van der Waals surface area (Å²) in [5.74, 6) is 0.826. The van der Waals surface area contributed by atoms with Gasteiger partial charge >= 0.3 is 0 Å². The van der Waals surface area contributed by atoms with Crippen LogP contribution < -0.4 is 15.4 Å². The summed E-state index contributed by atoms with van der Waals surface area (Å²) in [6.45, 7) is 4.80. The molecule has 0 saturated carbocycles. The average molecular weight is 398 g/mol. The molecule has 0 aliphatic heterocycles. The Morgan fingerprint density at radius 3 is 2.41 bits per heavy atom. The lowest BCUT2D eigenvalue weighted by Gasteiger charge is -2.11. The molecule has 0 heterocycles. The van der Waals surface area contributed by atoms with E-state index in [1.54, 1.807) is 19.0 Å². The number of carbonyl (C=O) groups is 2. The number of anilines is 1. The molecule has 6 nitrogen and oxygen atoms in total. The van der Waals surface area contributed by atoms with Crippen LogP contribution in [0.1, 0.15) is 31.4 Å². The Labute approximate surface area is 173 Å². The minimum Gasteiger partial charge on any atom is -0.491 e. The van der Waals surface area contributed by atoms with Crippen LogP contribution in [0.5, 0.6) is 5.75 Å². The lowest BCUT2D eigenvalue weighted by molar-refractivity contribution is -0.128. The molecule has 2 aromatic carbocycles. The largest absolute Gasteiger partial charge is 0.491 e. The number of rotatable bonds is 10. The Hall–Kier alpha value is -2.86. The van der Waals surface area contributed by atoms with Gasteiger partial charge in [0.05, 0.1) is 12.6 Å². The molecule has 2 amide bonds. The second kappa shape index (κ2) is 11.2. The van der Waals surface area contributed by atoms with E-state index in [0.29, 0.717) is 19.4 Å². The molecule has 0 aliphatic carbocycles. The Bertz CT molecular complexity index is 801. The number of nitrogens with one attached hydrogen (secondary N) is 2. The smallest absolute Gasteiger partial charge is 0.238 e. The number of hydrogen-bond donors (Lipinski definition) is 2. The van der Waals surface area contributed by atoms with E-state index in [-0.39, 0.29) is 24.5 Å². The van der Waals surface area contributed by atoms with Crippen LogP contribution in [0.4, 0.5) is 5.69 Å². The summed E-state index contributed by atoms with van der Waals surface area (Å²) >= 11 is 0. The lowest BCUT2D eigenvalue weighted by atomic mass is 10.1. The first-order valence-electron chi connectivity index (χ1n) is 9.88. The van der Waals surface area contributed by atoms with E-state index in [0.717, 1.165) is 22.6 Å². The Kier molecular flexibility index (Phi) is 8.68. The van der Waals surface area contributed by atoms with Crippen LogP contribution in [0.25, 0.3) is 0 Å². The van der Waals surface area contributed by atoms with Gasteiger partial charge in [-0.2, -0.15) is 0 Å². The number of aryl methyl sites for hydroxylation is 1. The van der Waals surface area contributed by atoms with Gasteiger partial charge in [0.25, 0.3) is 0 Å². The normalized spacial score (nSPS) is 10.7. The molecule has 0 aromatic heterocycles. The maximum atomic E-state index is 12.2. The van der Waals surface area contributed by atoms with Gasteiger partial charge in [0.15, 0.2) is 0 Å². The number of ether oxygens (including phenoxy) is 1. The third-order valence-electron chi connectivity index (χ3n) is 4.25. The molecule has 6 heteroatoms. The van der Waals surface area contributed by atoms with Gasteiger partial charge in [0.1, 0.15) is 5.75 Å². The molecule has 156 valence electrons. The molecule has 2 rings (SSSR count). The van der Waals surface area contributed by atoms with Crippen molar-refractivity contribution in [3.63, 3.8) is 0 Å². The number of carbonyl (C=O) groups excluding carboxylic acids is 2. The SMILES string of the molecule is CC(C)Oc1ccc(CNCC(=O)Nc2cccc(CCC(=O)N(C)C)c2)cc1. The maximum Gasteiger partial charge on any atom is 0.238 e. The molecule has 0 bridgehead atoms. The monoisotopic (exact) mass is 397 g/mol. The molecule has 0 aliphatic rings. The van der Waals surface area contributed by atoms with Gasteiger partial charge in [-0.15, -0.1) is 0 Å². The third-order valence-corrected chi connectivity index (χ3v) is 4.25. The third kappa shape index (κ3) is 8.35. The summed E-state index contributed by atoms with van der Waals surface area (Å²) in [7, 11) is 3.50. The van der Waals surface area contributed by atoms with Gasteiger partial charge in [0.2, 0.25) is 11.8 Å². The van der Waals surface area contributed by atoms with Crippen LogP contribution in [0.3, 0.4) is 0 Å². The highest BCUT2D eigenvalue weighted by atomic mass is 16.5. The fourth-order valence-corrected chi connectivity index (χ4v) is 2.76. The summed E-state index contributed by atoms with van der Waals surface area (Å²) in [4.78, 5) is 25.5. The van der Waals surface area contributed by atoms with Crippen molar-refractivity contribution >= 4 is 17.5 Å². The topological polar surface area (TPSA) is 70.7 Å². The predicted octanol–water partition coefficient (Wildman–Crippen LogP) is 3.22. The molecular weight excluding hydrogens is 366 g/mol. The highest BCUT2D eigenvalue weighted by Crippen LogP contribution is 2.14. The molecule has 0 spiro atoms. The van der Waals surface area contributed by atoms with E-state index >= 15 is 0 Å². The van der Waals surface area contributed by atoms with Crippen molar-refractivity contribution in [1.29, 1.82) is 0 Å². The first-order valence-corrected chi connectivity index (χ1v) is 9.88. The van der Waals surface area contributed by atoms with Gasteiger partial charge in [-0.05, 0) is 55.7 Å². The van der Waals surface area contributed by atoms with Crippen molar-refractivity contribution in [2.45, 2.75) is 39.3 Å². The second-order valence-electron chi connectivity index (χ2n) is 7.45. The molecule has 0 radical (unpaired) electrons. The van der Waals surface area contributed by atoms with Crippen LogP contribution >= 0.6 is 0 Å². The van der Waals surface area contributed by atoms with Crippen molar-refractivity contribution in [1.82, 2.24) is 10.2 Å². The fourth-order valence-electron chi connectivity index (χ4n) is 2.76. The first kappa shape index (κ1) is 22.4. The Morgan fingerprint density at radius 2 is 1.76 bits per heavy atom. The van der Waals surface area contributed by atoms with Crippen LogP contribution in [0.2, 0.25) is 0 Å². The van der Waals surface area contributed by atoms with Gasteiger partial charge in [-0.3, -0.25) is 9.59 Å². The van der Waals surface area contributed by atoms with Crippen LogP contribution in [0, 0.1) is 0 Å². The van der Waals surface area contributed by atoms with Crippen LogP contribution in [-0.4, -0.2) is 43.5 Å². The zero-order valence-electron chi connectivity index (χ0n) is 17.7. The van der Waals surface area contributed by atoms with Crippen molar-refractivity contribution in [2.75, 3.05) is 26.0 Å². The van der Waals surface area contributed by atoms with E-state index in [4.69, 9.17) is 4.74 Å². The summed E-state index contributed by atoms with van der Waals surface area (Å²) in [6.07, 6.45) is 1.25. The van der Waals surface area contributed by atoms with E-state index in [1.165, 1.54) is 0 Å². The van der Waals surface area contributed by atoms with Crippen molar-refractivity contribution < 1.29 is 14.3 Å². The average Bonchev–Trinajstić information content (AvgIpc) is 2.67. The lowest BCUT2D eigenvalue weighted by Crippen LogP contribution is -2.27. The quantitative estimate of drug-likeness (QED) is 0.646. The van der Waals surface area contributed by atoms with Crippen molar-refractivity contribution in [3.05, 3.63) is 59.7 Å². The fraction of sp³-hybridized carbons (Fsp3) is 0.391. The molecule has 0 unspecified atom stereocenters. The minimum atomic E-state index is -0.105. The number of amides is 2. The molecule has 29 heavy (non-hydrogen) atoms. The molecule has 0 fully saturated rings. The molecule has 2 N–H and O–H groups in total.